The van der Waals surface area contributed by atoms with E-state index in [1.165, 1.54) is 4.31 Å². The fourth-order valence-corrected chi connectivity index (χ4v) is 5.01. The molecule has 26 heavy (non-hydrogen) atoms. The number of anilines is 1. The summed E-state index contributed by atoms with van der Waals surface area (Å²) in [7, 11) is -3.61. The lowest BCUT2D eigenvalue weighted by Crippen LogP contribution is -2.35. The highest BCUT2D eigenvalue weighted by Crippen LogP contribution is 2.36. The first-order valence-electron chi connectivity index (χ1n) is 8.51. The lowest BCUT2D eigenvalue weighted by molar-refractivity contribution is 0.482. The molecule has 1 heterocycles. The van der Waals surface area contributed by atoms with Crippen molar-refractivity contribution in [3.63, 3.8) is 0 Å². The maximum Gasteiger partial charge on any atom is 0.264 e. The number of hydrogen-bond acceptors (Lipinski definition) is 3. The molecule has 3 aromatic rings. The van der Waals surface area contributed by atoms with Crippen LogP contribution in [0.4, 0.5) is 5.69 Å². The Morgan fingerprint density at radius 2 is 1.46 bits per heavy atom. The van der Waals surface area contributed by atoms with E-state index < -0.39 is 10.0 Å². The molecule has 1 aliphatic rings. The van der Waals surface area contributed by atoms with Crippen molar-refractivity contribution in [1.82, 2.24) is 0 Å². The van der Waals surface area contributed by atoms with Gasteiger partial charge in [0.2, 0.25) is 0 Å². The molecule has 5 heteroatoms. The third-order valence-electron chi connectivity index (χ3n) is 4.50. The zero-order valence-corrected chi connectivity index (χ0v) is 15.2. The Hall–Kier alpha value is -2.79. The first kappa shape index (κ1) is 16.7. The molecule has 1 unspecified atom stereocenters. The number of para-hydroxylation sites is 2. The zero-order valence-electron chi connectivity index (χ0n) is 14.4. The van der Waals surface area contributed by atoms with Gasteiger partial charge in [-0.25, -0.2) is 8.42 Å². The number of fused-ring (bicyclic) bond motifs is 1. The predicted molar refractivity (Wildman–Crippen MR) is 102 cm³/mol. The van der Waals surface area contributed by atoms with Gasteiger partial charge in [-0.1, -0.05) is 36.4 Å². The Labute approximate surface area is 153 Å². The van der Waals surface area contributed by atoms with Crippen molar-refractivity contribution in [1.29, 1.82) is 0 Å². The van der Waals surface area contributed by atoms with Crippen LogP contribution < -0.4 is 9.04 Å². The minimum Gasteiger partial charge on any atom is -0.457 e. The first-order valence-corrected chi connectivity index (χ1v) is 9.95. The fraction of sp³-hybridized carbons (Fsp3) is 0.143. The largest absolute Gasteiger partial charge is 0.457 e. The van der Waals surface area contributed by atoms with Gasteiger partial charge in [-0.2, -0.15) is 0 Å². The molecule has 0 fully saturated rings. The summed E-state index contributed by atoms with van der Waals surface area (Å²) in [6.07, 6.45) is 0.727. The van der Waals surface area contributed by atoms with E-state index in [1.54, 1.807) is 24.3 Å². The molecule has 4 rings (SSSR count). The van der Waals surface area contributed by atoms with Gasteiger partial charge in [0.05, 0.1) is 10.6 Å². The first-order chi connectivity index (χ1) is 12.6. The summed E-state index contributed by atoms with van der Waals surface area (Å²) in [6.45, 7) is 1.93. The van der Waals surface area contributed by atoms with Crippen LogP contribution in [0.15, 0.2) is 83.8 Å². The van der Waals surface area contributed by atoms with Gasteiger partial charge in [-0.15, -0.1) is 0 Å². The van der Waals surface area contributed by atoms with E-state index in [0.717, 1.165) is 17.7 Å². The molecule has 0 bridgehead atoms. The Morgan fingerprint density at radius 1 is 0.846 bits per heavy atom. The van der Waals surface area contributed by atoms with Gasteiger partial charge in [0.25, 0.3) is 10.0 Å². The molecule has 4 nitrogen and oxygen atoms in total. The molecule has 0 aromatic heterocycles. The highest BCUT2D eigenvalue weighted by Gasteiger charge is 2.35. The van der Waals surface area contributed by atoms with Gasteiger partial charge in [0, 0.05) is 6.04 Å². The van der Waals surface area contributed by atoms with Gasteiger partial charge in [0.1, 0.15) is 11.5 Å². The second-order valence-electron chi connectivity index (χ2n) is 6.37. The Bertz CT molecular complexity index is 1010. The smallest absolute Gasteiger partial charge is 0.264 e. The lowest BCUT2D eigenvalue weighted by atomic mass is 10.1. The van der Waals surface area contributed by atoms with E-state index >= 15 is 0 Å². The van der Waals surface area contributed by atoms with Crippen LogP contribution in [0.5, 0.6) is 11.5 Å². The van der Waals surface area contributed by atoms with Crippen molar-refractivity contribution in [3.8, 4) is 11.5 Å². The maximum atomic E-state index is 13.2. The average Bonchev–Trinajstić information content (AvgIpc) is 2.99. The normalized spacial score (nSPS) is 16.3. The van der Waals surface area contributed by atoms with Gasteiger partial charge in [-0.3, -0.25) is 4.31 Å². The van der Waals surface area contributed by atoms with Crippen LogP contribution in [0, 0.1) is 0 Å². The maximum absolute atomic E-state index is 13.2. The minimum atomic E-state index is -3.61. The summed E-state index contributed by atoms with van der Waals surface area (Å²) in [4.78, 5) is 0.265. The summed E-state index contributed by atoms with van der Waals surface area (Å²) in [5.41, 5.74) is 1.83. The van der Waals surface area contributed by atoms with Crippen LogP contribution in [0.3, 0.4) is 0 Å². The quantitative estimate of drug-likeness (QED) is 0.678. The highest BCUT2D eigenvalue weighted by molar-refractivity contribution is 7.92. The molecular weight excluding hydrogens is 346 g/mol. The number of hydrogen-bond donors (Lipinski definition) is 0. The second-order valence-corrected chi connectivity index (χ2v) is 8.18. The lowest BCUT2D eigenvalue weighted by Gasteiger charge is -2.24. The second kappa shape index (κ2) is 6.50. The van der Waals surface area contributed by atoms with E-state index in [-0.39, 0.29) is 10.9 Å². The van der Waals surface area contributed by atoms with Crippen molar-refractivity contribution < 1.29 is 13.2 Å². The van der Waals surface area contributed by atoms with Crippen LogP contribution >= 0.6 is 0 Å². The molecule has 0 saturated heterocycles. The third kappa shape index (κ3) is 2.95. The van der Waals surface area contributed by atoms with E-state index in [0.29, 0.717) is 11.5 Å². The molecule has 0 radical (unpaired) electrons. The standard InChI is InChI=1S/C21H19NO3S/c1-16-15-17-7-5-6-10-21(17)22(16)26(23,24)20-13-11-19(12-14-20)25-18-8-3-2-4-9-18/h2-14,16H,15H2,1H3. The van der Waals surface area contributed by atoms with Crippen LogP contribution in [0.25, 0.3) is 0 Å². The van der Waals surface area contributed by atoms with Gasteiger partial charge >= 0.3 is 0 Å². The third-order valence-corrected chi connectivity index (χ3v) is 6.45. The van der Waals surface area contributed by atoms with Crippen molar-refractivity contribution in [2.45, 2.75) is 24.3 Å². The van der Waals surface area contributed by atoms with E-state index in [9.17, 15) is 8.42 Å². The number of rotatable bonds is 4. The van der Waals surface area contributed by atoms with Crippen molar-refractivity contribution >= 4 is 15.7 Å². The molecule has 0 amide bonds. The van der Waals surface area contributed by atoms with E-state index in [1.807, 2.05) is 61.5 Å². The van der Waals surface area contributed by atoms with Crippen LogP contribution in [-0.2, 0) is 16.4 Å². The number of ether oxygens (including phenoxy) is 1. The van der Waals surface area contributed by atoms with Gasteiger partial charge in [0.15, 0.2) is 0 Å². The number of benzene rings is 3. The molecule has 0 aliphatic carbocycles. The molecule has 0 saturated carbocycles. The van der Waals surface area contributed by atoms with Gasteiger partial charge in [-0.05, 0) is 61.4 Å². The van der Waals surface area contributed by atoms with Crippen molar-refractivity contribution in [2.75, 3.05) is 4.31 Å². The van der Waals surface area contributed by atoms with Crippen LogP contribution in [0.2, 0.25) is 0 Å². The molecule has 132 valence electrons. The summed E-state index contributed by atoms with van der Waals surface area (Å²) in [5, 5.41) is 0. The molecular formula is C21H19NO3S. The van der Waals surface area contributed by atoms with Crippen molar-refractivity contribution in [3.05, 3.63) is 84.4 Å². The summed E-state index contributed by atoms with van der Waals surface area (Å²) in [5.74, 6) is 1.32. The van der Waals surface area contributed by atoms with Gasteiger partial charge < -0.3 is 4.74 Å². The molecule has 1 aliphatic heterocycles. The Balaban J connectivity index is 1.63. The Kier molecular flexibility index (Phi) is 4.17. The van der Waals surface area contributed by atoms with Crippen LogP contribution in [-0.4, -0.2) is 14.5 Å². The average molecular weight is 365 g/mol. The SMILES string of the molecule is CC1Cc2ccccc2N1S(=O)(=O)c1ccc(Oc2ccccc2)cc1. The highest BCUT2D eigenvalue weighted by atomic mass is 32.2. The molecule has 1 atom stereocenters. The molecule has 0 N–H and O–H groups in total. The molecule has 0 spiro atoms. The minimum absolute atomic E-state index is 0.0994. The number of nitrogens with zero attached hydrogens (tertiary/aromatic N) is 1. The van der Waals surface area contributed by atoms with Crippen LogP contribution in [0.1, 0.15) is 12.5 Å². The van der Waals surface area contributed by atoms with Crippen molar-refractivity contribution in [2.24, 2.45) is 0 Å². The summed E-state index contributed by atoms with van der Waals surface area (Å²) >= 11 is 0. The monoisotopic (exact) mass is 365 g/mol. The molecule has 3 aromatic carbocycles. The summed E-state index contributed by atoms with van der Waals surface area (Å²) < 4.78 is 33.6. The fourth-order valence-electron chi connectivity index (χ4n) is 3.32. The topological polar surface area (TPSA) is 46.6 Å². The number of sulfonamides is 1. The Morgan fingerprint density at radius 3 is 2.19 bits per heavy atom. The summed E-state index contributed by atoms with van der Waals surface area (Å²) in [6, 6.07) is 23.5. The zero-order chi connectivity index (χ0) is 18.1. The van der Waals surface area contributed by atoms with E-state index in [2.05, 4.69) is 0 Å². The van der Waals surface area contributed by atoms with E-state index in [4.69, 9.17) is 4.74 Å². The predicted octanol–water partition coefficient (Wildman–Crippen LogP) is 4.62.